The lowest BCUT2D eigenvalue weighted by Gasteiger charge is -2.53. The third-order valence-corrected chi connectivity index (χ3v) is 11.4. The topological polar surface area (TPSA) is 123 Å². The van der Waals surface area contributed by atoms with E-state index in [-0.39, 0.29) is 38.9 Å². The molecule has 0 aromatic heterocycles. The summed E-state index contributed by atoms with van der Waals surface area (Å²) in [5.41, 5.74) is 4.57. The van der Waals surface area contributed by atoms with Crippen molar-refractivity contribution >= 4 is 12.0 Å². The van der Waals surface area contributed by atoms with Gasteiger partial charge in [0.15, 0.2) is 12.6 Å². The van der Waals surface area contributed by atoms with Gasteiger partial charge in [-0.1, -0.05) is 152 Å². The quantitative estimate of drug-likeness (QED) is 0.113. The van der Waals surface area contributed by atoms with E-state index in [0.29, 0.717) is 6.61 Å². The van der Waals surface area contributed by atoms with Crippen LogP contribution in [-0.4, -0.2) is 85.0 Å². The lowest BCUT2D eigenvalue weighted by molar-refractivity contribution is -0.352. The van der Waals surface area contributed by atoms with E-state index < -0.39 is 67.4 Å². The molecule has 3 fully saturated rings. The molecular formula is C50H54N2O10. The molecule has 0 radical (unpaired) electrons. The molecule has 1 N–H and O–H groups in total. The number of hydrogen-bond acceptors (Lipinski definition) is 10. The number of nitrogens with one attached hydrogen (secondary N) is 1. The van der Waals surface area contributed by atoms with Crippen LogP contribution in [0.3, 0.4) is 0 Å². The second-order valence-electron chi connectivity index (χ2n) is 15.8. The van der Waals surface area contributed by atoms with Gasteiger partial charge in [-0.3, -0.25) is 9.69 Å². The zero-order valence-electron chi connectivity index (χ0n) is 35.0. The summed E-state index contributed by atoms with van der Waals surface area (Å²) in [6, 6.07) is 47.4. The van der Waals surface area contributed by atoms with Crippen molar-refractivity contribution in [2.45, 2.75) is 102 Å². The van der Waals surface area contributed by atoms with Gasteiger partial charge in [-0.05, 0) is 29.2 Å². The van der Waals surface area contributed by atoms with Crippen molar-refractivity contribution in [3.05, 3.63) is 179 Å². The maximum Gasteiger partial charge on any atom is 0.410 e. The summed E-state index contributed by atoms with van der Waals surface area (Å²) in [6.07, 6.45) is -6.65. The van der Waals surface area contributed by atoms with Gasteiger partial charge in [-0.2, -0.15) is 0 Å². The van der Waals surface area contributed by atoms with Crippen molar-refractivity contribution in [1.29, 1.82) is 0 Å². The number of ether oxygens (including phenoxy) is 8. The first-order valence-corrected chi connectivity index (χ1v) is 21.2. The van der Waals surface area contributed by atoms with Gasteiger partial charge in [0.2, 0.25) is 5.91 Å². The molecule has 0 spiro atoms. The highest BCUT2D eigenvalue weighted by Crippen LogP contribution is 2.38. The number of amides is 2. The number of benzene rings is 5. The number of hydrogen-bond donors (Lipinski definition) is 1. The van der Waals surface area contributed by atoms with E-state index >= 15 is 0 Å². The Hall–Kier alpha value is -5.44. The fourth-order valence-corrected chi connectivity index (χ4v) is 8.29. The van der Waals surface area contributed by atoms with Crippen LogP contribution in [0.1, 0.15) is 48.0 Å². The van der Waals surface area contributed by atoms with Crippen LogP contribution in [0, 0.1) is 0 Å². The largest absolute Gasteiger partial charge is 0.445 e. The van der Waals surface area contributed by atoms with Crippen molar-refractivity contribution in [2.24, 2.45) is 0 Å². The molecule has 0 saturated carbocycles. The van der Waals surface area contributed by atoms with Gasteiger partial charge < -0.3 is 43.2 Å². The van der Waals surface area contributed by atoms with Gasteiger partial charge in [0, 0.05) is 19.0 Å². The molecule has 5 aromatic carbocycles. The van der Waals surface area contributed by atoms with Crippen LogP contribution in [0.2, 0.25) is 0 Å². The molecule has 3 aliphatic heterocycles. The first-order valence-electron chi connectivity index (χ1n) is 21.2. The van der Waals surface area contributed by atoms with Crippen LogP contribution < -0.4 is 5.32 Å². The lowest BCUT2D eigenvalue weighted by Crippen LogP contribution is -2.71. The fraction of sp³-hybridized carbons (Fsp3) is 0.360. The Kier molecular flexibility index (Phi) is 14.7. The standard InChI is InChI=1S/C50H54N2O10/c1-34-43(55-29-36-18-8-3-9-19-36)46(56-30-37-20-10-4-11-21-37)47(57-31-38-22-12-5-13-23-38)49(60-34)61-44-41(51-35(2)53)28-52(50(54)59-32-39-24-14-6-15-25-39)42-33-58-48(62-45(42)44)40-26-16-7-17-27-40/h3-27,34,41-49H,28-33H2,1-2H3,(H,51,53)/t34-,41-,42+,43+,44+,45+,46+,47-,48?,49-/m0/s1. The lowest BCUT2D eigenvalue weighted by atomic mass is 9.90. The van der Waals surface area contributed by atoms with Crippen molar-refractivity contribution in [3.8, 4) is 0 Å². The van der Waals surface area contributed by atoms with Crippen molar-refractivity contribution in [1.82, 2.24) is 10.2 Å². The van der Waals surface area contributed by atoms with Gasteiger partial charge in [0.05, 0.1) is 44.6 Å². The number of piperidine rings is 1. The van der Waals surface area contributed by atoms with E-state index in [0.717, 1.165) is 27.8 Å². The number of fused-ring (bicyclic) bond motifs is 1. The summed E-state index contributed by atoms with van der Waals surface area (Å²) in [7, 11) is 0. The first-order chi connectivity index (χ1) is 30.4. The van der Waals surface area contributed by atoms with Crippen molar-refractivity contribution < 1.29 is 47.5 Å². The maximum absolute atomic E-state index is 14.0. The second kappa shape index (κ2) is 21.1. The Balaban J connectivity index is 1.13. The van der Waals surface area contributed by atoms with Gasteiger partial charge >= 0.3 is 6.09 Å². The molecule has 10 atom stereocenters. The minimum absolute atomic E-state index is 0.0519. The SMILES string of the molecule is CC(=O)N[C@H]1CN(C(=O)OCc2ccccc2)[C@@H]2COC(c3ccccc3)O[C@H]2[C@@H]1O[C@@H]1O[C@@H](C)[C@@H](OCc2ccccc2)[C@@H](OCc2ccccc2)[C@@H]1OCc1ccccc1. The summed E-state index contributed by atoms with van der Waals surface area (Å²) in [5, 5.41) is 3.07. The van der Waals surface area contributed by atoms with Crippen LogP contribution in [0.4, 0.5) is 4.79 Å². The Morgan fingerprint density at radius 2 is 1.10 bits per heavy atom. The molecule has 3 saturated heterocycles. The third kappa shape index (κ3) is 10.9. The minimum Gasteiger partial charge on any atom is -0.445 e. The van der Waals surface area contributed by atoms with Crippen LogP contribution in [0.25, 0.3) is 0 Å². The molecule has 324 valence electrons. The Morgan fingerprint density at radius 1 is 0.613 bits per heavy atom. The molecule has 12 heteroatoms. The van der Waals surface area contributed by atoms with Gasteiger partial charge in [0.1, 0.15) is 37.1 Å². The Morgan fingerprint density at radius 3 is 1.63 bits per heavy atom. The van der Waals surface area contributed by atoms with Gasteiger partial charge in [0.25, 0.3) is 0 Å². The average molecular weight is 843 g/mol. The fourth-order valence-electron chi connectivity index (χ4n) is 8.29. The van der Waals surface area contributed by atoms with E-state index in [4.69, 9.17) is 37.9 Å². The second-order valence-corrected chi connectivity index (χ2v) is 15.8. The van der Waals surface area contributed by atoms with Crippen LogP contribution >= 0.6 is 0 Å². The Bertz CT molecular complexity index is 2130. The minimum atomic E-state index is -1.04. The maximum atomic E-state index is 14.0. The molecule has 62 heavy (non-hydrogen) atoms. The molecule has 12 nitrogen and oxygen atoms in total. The van der Waals surface area contributed by atoms with E-state index in [2.05, 4.69) is 5.32 Å². The predicted molar refractivity (Wildman–Crippen MR) is 229 cm³/mol. The number of likely N-dealkylation sites (tertiary alicyclic amines) is 1. The molecular weight excluding hydrogens is 789 g/mol. The van der Waals surface area contributed by atoms with E-state index in [1.54, 1.807) is 4.90 Å². The van der Waals surface area contributed by atoms with Crippen molar-refractivity contribution in [2.75, 3.05) is 13.2 Å². The highest BCUT2D eigenvalue weighted by atomic mass is 16.7. The molecule has 1 unspecified atom stereocenters. The van der Waals surface area contributed by atoms with E-state index in [1.165, 1.54) is 6.92 Å². The zero-order chi connectivity index (χ0) is 42.7. The predicted octanol–water partition coefficient (Wildman–Crippen LogP) is 7.51. The highest BCUT2D eigenvalue weighted by molar-refractivity contribution is 5.74. The zero-order valence-corrected chi connectivity index (χ0v) is 35.0. The van der Waals surface area contributed by atoms with Crippen LogP contribution in [-0.2, 0) is 69.1 Å². The molecule has 0 bridgehead atoms. The van der Waals surface area contributed by atoms with E-state index in [9.17, 15) is 9.59 Å². The number of carbonyl (C=O) groups is 2. The van der Waals surface area contributed by atoms with Crippen LogP contribution in [0.5, 0.6) is 0 Å². The number of carbonyl (C=O) groups excluding carboxylic acids is 2. The molecule has 3 aliphatic rings. The molecule has 5 aromatic rings. The smallest absolute Gasteiger partial charge is 0.410 e. The summed E-state index contributed by atoms with van der Waals surface area (Å²) in [6.45, 7) is 4.44. The third-order valence-electron chi connectivity index (χ3n) is 11.4. The monoisotopic (exact) mass is 842 g/mol. The summed E-state index contributed by atoms with van der Waals surface area (Å²) < 4.78 is 53.3. The molecule has 8 rings (SSSR count). The van der Waals surface area contributed by atoms with Gasteiger partial charge in [-0.25, -0.2) is 4.79 Å². The molecule has 2 amide bonds. The molecule has 3 heterocycles. The Labute approximate surface area is 362 Å². The highest BCUT2D eigenvalue weighted by Gasteiger charge is 2.55. The van der Waals surface area contributed by atoms with Crippen molar-refractivity contribution in [3.63, 3.8) is 0 Å². The summed E-state index contributed by atoms with van der Waals surface area (Å²) >= 11 is 0. The number of nitrogens with zero attached hydrogens (tertiary/aromatic N) is 1. The van der Waals surface area contributed by atoms with E-state index in [1.807, 2.05) is 159 Å². The molecule has 0 aliphatic carbocycles. The normalized spacial score (nSPS) is 27.2. The van der Waals surface area contributed by atoms with Gasteiger partial charge in [-0.15, -0.1) is 0 Å². The summed E-state index contributed by atoms with van der Waals surface area (Å²) in [5.74, 6) is -0.306. The number of rotatable bonds is 15. The van der Waals surface area contributed by atoms with Crippen LogP contribution in [0.15, 0.2) is 152 Å². The first kappa shape index (κ1) is 43.2. The summed E-state index contributed by atoms with van der Waals surface area (Å²) in [4.78, 5) is 28.6. The average Bonchev–Trinajstić information content (AvgIpc) is 3.31.